The zero-order chi connectivity index (χ0) is 19.9. The summed E-state index contributed by atoms with van der Waals surface area (Å²) in [5, 5.41) is 2.57. The molecule has 0 spiro atoms. The molecule has 1 fully saturated rings. The van der Waals surface area contributed by atoms with Gasteiger partial charge in [0.25, 0.3) is 11.8 Å². The summed E-state index contributed by atoms with van der Waals surface area (Å²) in [5.74, 6) is 1.09. The van der Waals surface area contributed by atoms with E-state index in [4.69, 9.17) is 9.47 Å². The zero-order valence-corrected chi connectivity index (χ0v) is 16.2. The van der Waals surface area contributed by atoms with E-state index in [2.05, 4.69) is 10.2 Å². The van der Waals surface area contributed by atoms with Crippen LogP contribution in [0.1, 0.15) is 10.4 Å². The third-order valence-corrected chi connectivity index (χ3v) is 4.76. The zero-order valence-electron chi connectivity index (χ0n) is 16.2. The van der Waals surface area contributed by atoms with Crippen molar-refractivity contribution < 1.29 is 19.1 Å². The largest absolute Gasteiger partial charge is 0.497 e. The van der Waals surface area contributed by atoms with Crippen LogP contribution in [0.5, 0.6) is 11.5 Å². The Morgan fingerprint density at radius 2 is 1.71 bits per heavy atom. The molecule has 148 valence electrons. The Hall–Kier alpha value is -3.22. The Labute approximate surface area is 164 Å². The molecule has 1 heterocycles. The van der Waals surface area contributed by atoms with Crippen LogP contribution < -0.4 is 19.7 Å². The molecule has 2 amide bonds. The maximum atomic E-state index is 12.5. The van der Waals surface area contributed by atoms with Crippen molar-refractivity contribution in [2.75, 3.05) is 51.8 Å². The van der Waals surface area contributed by atoms with Gasteiger partial charge in [-0.25, -0.2) is 0 Å². The van der Waals surface area contributed by atoms with Crippen molar-refractivity contribution in [3.8, 4) is 11.5 Å². The van der Waals surface area contributed by atoms with E-state index in [1.807, 2.05) is 29.2 Å². The highest BCUT2D eigenvalue weighted by molar-refractivity contribution is 5.94. The van der Waals surface area contributed by atoms with Gasteiger partial charge in [-0.3, -0.25) is 9.59 Å². The average Bonchev–Trinajstić information content (AvgIpc) is 2.77. The summed E-state index contributed by atoms with van der Waals surface area (Å²) in [7, 11) is 3.22. The summed E-state index contributed by atoms with van der Waals surface area (Å²) < 4.78 is 10.8. The lowest BCUT2D eigenvalue weighted by Crippen LogP contribution is -2.50. The van der Waals surface area contributed by atoms with E-state index in [1.165, 1.54) is 0 Å². The van der Waals surface area contributed by atoms with Crippen LogP contribution in [0, 0.1) is 0 Å². The Bertz CT molecular complexity index is 815. The first-order valence-electron chi connectivity index (χ1n) is 9.22. The SMILES string of the molecule is CNC(=O)c1cccc(OCC(=O)N2CCN(c3ccc(OC)cc3)CC2)c1. The Morgan fingerprint density at radius 3 is 2.36 bits per heavy atom. The fraction of sp³-hybridized carbons (Fsp3) is 0.333. The Morgan fingerprint density at radius 1 is 1.00 bits per heavy atom. The van der Waals surface area contributed by atoms with E-state index < -0.39 is 0 Å². The van der Waals surface area contributed by atoms with E-state index >= 15 is 0 Å². The van der Waals surface area contributed by atoms with Gasteiger partial charge in [0, 0.05) is 44.5 Å². The van der Waals surface area contributed by atoms with Crippen molar-refractivity contribution >= 4 is 17.5 Å². The molecule has 1 N–H and O–H groups in total. The summed E-state index contributed by atoms with van der Waals surface area (Å²) in [6.07, 6.45) is 0. The molecule has 0 bridgehead atoms. The van der Waals surface area contributed by atoms with Gasteiger partial charge < -0.3 is 24.6 Å². The highest BCUT2D eigenvalue weighted by atomic mass is 16.5. The second-order valence-electron chi connectivity index (χ2n) is 6.46. The molecule has 3 rings (SSSR count). The lowest BCUT2D eigenvalue weighted by Gasteiger charge is -2.36. The number of methoxy groups -OCH3 is 1. The molecular weight excluding hydrogens is 358 g/mol. The lowest BCUT2D eigenvalue weighted by atomic mass is 10.2. The van der Waals surface area contributed by atoms with Gasteiger partial charge in [0.2, 0.25) is 0 Å². The Kier molecular flexibility index (Phi) is 6.37. The first kappa shape index (κ1) is 19.5. The van der Waals surface area contributed by atoms with Crippen LogP contribution in [0.4, 0.5) is 5.69 Å². The number of carbonyl (C=O) groups excluding carboxylic acids is 2. The summed E-state index contributed by atoms with van der Waals surface area (Å²) in [5.41, 5.74) is 1.62. The van der Waals surface area contributed by atoms with Gasteiger partial charge in [0.15, 0.2) is 6.61 Å². The molecule has 0 atom stereocenters. The minimum absolute atomic E-state index is 0.0419. The van der Waals surface area contributed by atoms with E-state index in [-0.39, 0.29) is 18.4 Å². The number of carbonyl (C=O) groups is 2. The van der Waals surface area contributed by atoms with Crippen LogP contribution in [0.2, 0.25) is 0 Å². The molecule has 2 aromatic rings. The van der Waals surface area contributed by atoms with Crippen LogP contribution in [0.25, 0.3) is 0 Å². The predicted octanol–water partition coefficient (Wildman–Crippen LogP) is 1.78. The third-order valence-electron chi connectivity index (χ3n) is 4.76. The number of benzene rings is 2. The quantitative estimate of drug-likeness (QED) is 0.823. The van der Waals surface area contributed by atoms with Gasteiger partial charge in [-0.05, 0) is 42.5 Å². The first-order chi connectivity index (χ1) is 13.6. The van der Waals surface area contributed by atoms with Gasteiger partial charge in [0.1, 0.15) is 11.5 Å². The van der Waals surface area contributed by atoms with Crippen LogP contribution in [0.3, 0.4) is 0 Å². The summed E-state index contributed by atoms with van der Waals surface area (Å²) in [6, 6.07) is 14.7. The third kappa shape index (κ3) is 4.73. The van der Waals surface area contributed by atoms with E-state index in [0.29, 0.717) is 24.4 Å². The lowest BCUT2D eigenvalue weighted by molar-refractivity contribution is -0.133. The molecule has 1 saturated heterocycles. The number of rotatable bonds is 6. The number of hydrogen-bond donors (Lipinski definition) is 1. The van der Waals surface area contributed by atoms with Gasteiger partial charge in [-0.15, -0.1) is 0 Å². The molecule has 7 heteroatoms. The van der Waals surface area contributed by atoms with Gasteiger partial charge in [-0.2, -0.15) is 0 Å². The van der Waals surface area contributed by atoms with E-state index in [0.717, 1.165) is 24.5 Å². The van der Waals surface area contributed by atoms with Gasteiger partial charge in [0.05, 0.1) is 7.11 Å². The van der Waals surface area contributed by atoms with Crippen molar-refractivity contribution in [2.45, 2.75) is 0 Å². The number of piperazine rings is 1. The highest BCUT2D eigenvalue weighted by Gasteiger charge is 2.21. The van der Waals surface area contributed by atoms with E-state index in [9.17, 15) is 9.59 Å². The van der Waals surface area contributed by atoms with Crippen molar-refractivity contribution in [1.82, 2.24) is 10.2 Å². The van der Waals surface area contributed by atoms with Crippen molar-refractivity contribution in [3.05, 3.63) is 54.1 Å². The topological polar surface area (TPSA) is 71.1 Å². The average molecular weight is 383 g/mol. The number of ether oxygens (including phenoxy) is 2. The maximum absolute atomic E-state index is 12.5. The predicted molar refractivity (Wildman–Crippen MR) is 107 cm³/mol. The number of hydrogen-bond acceptors (Lipinski definition) is 5. The summed E-state index contributed by atoms with van der Waals surface area (Å²) >= 11 is 0. The fourth-order valence-electron chi connectivity index (χ4n) is 3.11. The number of anilines is 1. The number of amides is 2. The number of nitrogens with one attached hydrogen (secondary N) is 1. The molecule has 2 aromatic carbocycles. The van der Waals surface area contributed by atoms with Crippen molar-refractivity contribution in [2.24, 2.45) is 0 Å². The molecule has 0 unspecified atom stereocenters. The van der Waals surface area contributed by atoms with Crippen LogP contribution >= 0.6 is 0 Å². The molecular formula is C21H25N3O4. The molecule has 0 aromatic heterocycles. The van der Waals surface area contributed by atoms with Gasteiger partial charge in [-0.1, -0.05) is 6.07 Å². The summed E-state index contributed by atoms with van der Waals surface area (Å²) in [6.45, 7) is 2.78. The maximum Gasteiger partial charge on any atom is 0.260 e. The monoisotopic (exact) mass is 383 g/mol. The normalized spacial score (nSPS) is 13.8. The first-order valence-corrected chi connectivity index (χ1v) is 9.22. The Balaban J connectivity index is 1.49. The second-order valence-corrected chi connectivity index (χ2v) is 6.46. The minimum atomic E-state index is -0.188. The molecule has 1 aliphatic heterocycles. The van der Waals surface area contributed by atoms with Gasteiger partial charge >= 0.3 is 0 Å². The highest BCUT2D eigenvalue weighted by Crippen LogP contribution is 2.20. The molecule has 0 saturated carbocycles. The van der Waals surface area contributed by atoms with Crippen LogP contribution in [-0.2, 0) is 4.79 Å². The van der Waals surface area contributed by atoms with E-state index in [1.54, 1.807) is 38.4 Å². The minimum Gasteiger partial charge on any atom is -0.497 e. The van der Waals surface area contributed by atoms with Crippen molar-refractivity contribution in [3.63, 3.8) is 0 Å². The molecule has 7 nitrogen and oxygen atoms in total. The standard InChI is InChI=1S/C21H25N3O4/c1-22-21(26)16-4-3-5-19(14-16)28-15-20(25)24-12-10-23(11-13-24)17-6-8-18(27-2)9-7-17/h3-9,14H,10-13,15H2,1-2H3,(H,22,26). The molecule has 0 aliphatic carbocycles. The second kappa shape index (κ2) is 9.12. The molecule has 0 radical (unpaired) electrons. The number of nitrogens with zero attached hydrogens (tertiary/aromatic N) is 2. The van der Waals surface area contributed by atoms with Crippen LogP contribution in [0.15, 0.2) is 48.5 Å². The molecule has 1 aliphatic rings. The van der Waals surface area contributed by atoms with Crippen molar-refractivity contribution in [1.29, 1.82) is 0 Å². The summed E-state index contributed by atoms with van der Waals surface area (Å²) in [4.78, 5) is 28.2. The fourth-order valence-corrected chi connectivity index (χ4v) is 3.11. The molecule has 28 heavy (non-hydrogen) atoms. The smallest absolute Gasteiger partial charge is 0.260 e. The van der Waals surface area contributed by atoms with Crippen LogP contribution in [-0.4, -0.2) is 63.7 Å².